The summed E-state index contributed by atoms with van der Waals surface area (Å²) in [6, 6.07) is 0. The Bertz CT molecular complexity index is 228. The van der Waals surface area contributed by atoms with E-state index in [1.54, 1.807) is 0 Å². The van der Waals surface area contributed by atoms with Crippen molar-refractivity contribution in [3.8, 4) is 0 Å². The third kappa shape index (κ3) is 3.36. The first kappa shape index (κ1) is 13.6. The zero-order chi connectivity index (χ0) is 10.8. The molecule has 3 aliphatic rings. The molecule has 1 aliphatic carbocycles. The fraction of sp³-hybridized carbons (Fsp3) is 1.00. The first-order valence-electron chi connectivity index (χ1n) is 7.35. The summed E-state index contributed by atoms with van der Waals surface area (Å²) < 4.78 is 0. The van der Waals surface area contributed by atoms with E-state index in [1.165, 1.54) is 71.2 Å². The minimum Gasteiger partial charge on any atom is -0.316 e. The van der Waals surface area contributed by atoms with E-state index in [4.69, 9.17) is 0 Å². The molecule has 0 radical (unpaired) electrons. The molecule has 1 saturated carbocycles. The van der Waals surface area contributed by atoms with Crippen molar-refractivity contribution in [3.63, 3.8) is 0 Å². The molecule has 2 aliphatic heterocycles. The standard InChI is InChI=1S/C14H26N2.ClH/c1-2-4-12(3-1)5-7-16-8-6-13-9-15-10-14(13)11-16;/h12-15H,1-11H2;1H. The Morgan fingerprint density at radius 3 is 2.59 bits per heavy atom. The lowest BCUT2D eigenvalue weighted by Gasteiger charge is -2.34. The van der Waals surface area contributed by atoms with E-state index < -0.39 is 0 Å². The topological polar surface area (TPSA) is 15.3 Å². The lowest BCUT2D eigenvalue weighted by Crippen LogP contribution is -2.40. The molecule has 0 aromatic heterocycles. The first-order chi connectivity index (χ1) is 7.92. The van der Waals surface area contributed by atoms with Crippen LogP contribution < -0.4 is 5.32 Å². The zero-order valence-electron chi connectivity index (χ0n) is 10.9. The number of nitrogens with zero attached hydrogens (tertiary/aromatic N) is 1. The molecule has 3 rings (SSSR count). The second-order valence-corrected chi connectivity index (χ2v) is 6.21. The summed E-state index contributed by atoms with van der Waals surface area (Å²) >= 11 is 0. The van der Waals surface area contributed by atoms with Gasteiger partial charge in [0, 0.05) is 6.54 Å². The van der Waals surface area contributed by atoms with Crippen molar-refractivity contribution in [1.29, 1.82) is 0 Å². The van der Waals surface area contributed by atoms with E-state index in [2.05, 4.69) is 10.2 Å². The highest BCUT2D eigenvalue weighted by atomic mass is 35.5. The number of hydrogen-bond donors (Lipinski definition) is 1. The van der Waals surface area contributed by atoms with Gasteiger partial charge in [-0.2, -0.15) is 0 Å². The van der Waals surface area contributed by atoms with Gasteiger partial charge >= 0.3 is 0 Å². The first-order valence-corrected chi connectivity index (χ1v) is 7.35. The van der Waals surface area contributed by atoms with Crippen LogP contribution in [-0.2, 0) is 0 Å². The number of nitrogens with one attached hydrogen (secondary N) is 1. The molecule has 0 aromatic carbocycles. The Labute approximate surface area is 112 Å². The van der Waals surface area contributed by atoms with Gasteiger partial charge in [-0.25, -0.2) is 0 Å². The lowest BCUT2D eigenvalue weighted by molar-refractivity contribution is 0.141. The third-order valence-electron chi connectivity index (χ3n) is 5.12. The van der Waals surface area contributed by atoms with Gasteiger partial charge in [-0.05, 0) is 56.8 Å². The highest BCUT2D eigenvalue weighted by Crippen LogP contribution is 2.30. The highest BCUT2D eigenvalue weighted by Gasteiger charge is 2.32. The predicted octanol–water partition coefficient (Wildman–Crippen LogP) is 2.53. The fourth-order valence-electron chi connectivity index (χ4n) is 3.98. The number of halogens is 1. The van der Waals surface area contributed by atoms with Crippen LogP contribution in [0.1, 0.15) is 38.5 Å². The Hall–Kier alpha value is 0.210. The number of hydrogen-bond acceptors (Lipinski definition) is 2. The zero-order valence-corrected chi connectivity index (χ0v) is 11.7. The molecule has 3 fully saturated rings. The van der Waals surface area contributed by atoms with Crippen LogP contribution in [0.3, 0.4) is 0 Å². The van der Waals surface area contributed by atoms with Gasteiger partial charge in [-0.1, -0.05) is 25.7 Å². The van der Waals surface area contributed by atoms with E-state index in [-0.39, 0.29) is 12.4 Å². The molecule has 3 heteroatoms. The van der Waals surface area contributed by atoms with Crippen LogP contribution >= 0.6 is 12.4 Å². The maximum absolute atomic E-state index is 3.56. The Kier molecular flexibility index (Phi) is 5.13. The number of rotatable bonds is 3. The summed E-state index contributed by atoms with van der Waals surface area (Å²) in [6.07, 6.45) is 8.95. The average molecular weight is 259 g/mol. The van der Waals surface area contributed by atoms with Crippen molar-refractivity contribution in [1.82, 2.24) is 10.2 Å². The van der Waals surface area contributed by atoms with Gasteiger partial charge in [0.15, 0.2) is 0 Å². The minimum atomic E-state index is 0. The summed E-state index contributed by atoms with van der Waals surface area (Å²) in [5, 5.41) is 3.56. The molecule has 0 amide bonds. The van der Waals surface area contributed by atoms with Gasteiger partial charge in [0.05, 0.1) is 0 Å². The normalized spacial score (nSPS) is 34.6. The van der Waals surface area contributed by atoms with Crippen molar-refractivity contribution >= 4 is 12.4 Å². The highest BCUT2D eigenvalue weighted by molar-refractivity contribution is 5.85. The third-order valence-corrected chi connectivity index (χ3v) is 5.12. The maximum atomic E-state index is 3.56. The van der Waals surface area contributed by atoms with Crippen LogP contribution in [0.5, 0.6) is 0 Å². The maximum Gasteiger partial charge on any atom is 0.00249 e. The van der Waals surface area contributed by atoms with Crippen LogP contribution in [-0.4, -0.2) is 37.6 Å². The predicted molar refractivity (Wildman–Crippen MR) is 74.7 cm³/mol. The van der Waals surface area contributed by atoms with E-state index in [0.29, 0.717) is 0 Å². The molecular formula is C14H27ClN2. The lowest BCUT2D eigenvalue weighted by atomic mass is 9.88. The number of piperidine rings is 1. The van der Waals surface area contributed by atoms with Crippen molar-refractivity contribution < 1.29 is 0 Å². The number of likely N-dealkylation sites (tertiary alicyclic amines) is 1. The summed E-state index contributed by atoms with van der Waals surface area (Å²) in [4.78, 5) is 2.74. The SMILES string of the molecule is C1CCC(CCN2CCC3CNCC3C2)C1.Cl. The summed E-state index contributed by atoms with van der Waals surface area (Å²) in [5.41, 5.74) is 0. The van der Waals surface area contributed by atoms with Gasteiger partial charge in [0.2, 0.25) is 0 Å². The van der Waals surface area contributed by atoms with Crippen LogP contribution in [0.25, 0.3) is 0 Å². The summed E-state index contributed by atoms with van der Waals surface area (Å²) in [5.74, 6) is 3.04. The Morgan fingerprint density at radius 2 is 1.76 bits per heavy atom. The van der Waals surface area contributed by atoms with Gasteiger partial charge < -0.3 is 10.2 Å². The Morgan fingerprint density at radius 1 is 1.00 bits per heavy atom. The van der Waals surface area contributed by atoms with Crippen molar-refractivity contribution in [2.45, 2.75) is 38.5 Å². The molecule has 2 saturated heterocycles. The molecule has 2 unspecified atom stereocenters. The summed E-state index contributed by atoms with van der Waals surface area (Å²) in [7, 11) is 0. The molecule has 100 valence electrons. The molecule has 2 heterocycles. The molecule has 1 N–H and O–H groups in total. The van der Waals surface area contributed by atoms with Crippen molar-refractivity contribution in [3.05, 3.63) is 0 Å². The summed E-state index contributed by atoms with van der Waals surface area (Å²) in [6.45, 7) is 6.71. The van der Waals surface area contributed by atoms with E-state index >= 15 is 0 Å². The van der Waals surface area contributed by atoms with Crippen LogP contribution in [0.4, 0.5) is 0 Å². The smallest absolute Gasteiger partial charge is 0.00249 e. The van der Waals surface area contributed by atoms with Crippen LogP contribution in [0.2, 0.25) is 0 Å². The number of fused-ring (bicyclic) bond motifs is 1. The largest absolute Gasteiger partial charge is 0.316 e. The van der Waals surface area contributed by atoms with E-state index in [0.717, 1.165) is 17.8 Å². The van der Waals surface area contributed by atoms with Gasteiger partial charge in [0.25, 0.3) is 0 Å². The fourth-order valence-corrected chi connectivity index (χ4v) is 3.98. The van der Waals surface area contributed by atoms with Gasteiger partial charge in [0.1, 0.15) is 0 Å². The monoisotopic (exact) mass is 258 g/mol. The van der Waals surface area contributed by atoms with E-state index in [1.807, 2.05) is 0 Å². The second-order valence-electron chi connectivity index (χ2n) is 6.21. The molecule has 2 nitrogen and oxygen atoms in total. The van der Waals surface area contributed by atoms with Crippen LogP contribution in [0, 0.1) is 17.8 Å². The Balaban J connectivity index is 0.00000108. The second kappa shape index (κ2) is 6.40. The van der Waals surface area contributed by atoms with Crippen LogP contribution in [0.15, 0.2) is 0 Å². The molecule has 17 heavy (non-hydrogen) atoms. The quantitative estimate of drug-likeness (QED) is 0.837. The molecule has 0 bridgehead atoms. The molecular weight excluding hydrogens is 232 g/mol. The molecule has 0 spiro atoms. The van der Waals surface area contributed by atoms with Crippen molar-refractivity contribution in [2.24, 2.45) is 17.8 Å². The van der Waals surface area contributed by atoms with Crippen molar-refractivity contribution in [2.75, 3.05) is 32.7 Å². The molecule has 2 atom stereocenters. The van der Waals surface area contributed by atoms with Gasteiger partial charge in [-0.15, -0.1) is 12.4 Å². The molecule has 0 aromatic rings. The van der Waals surface area contributed by atoms with Gasteiger partial charge in [-0.3, -0.25) is 0 Å². The van der Waals surface area contributed by atoms with E-state index in [9.17, 15) is 0 Å². The average Bonchev–Trinajstić information content (AvgIpc) is 2.97. The minimum absolute atomic E-state index is 0.